The molecule has 2 heterocycles. The summed E-state index contributed by atoms with van der Waals surface area (Å²) in [6.07, 6.45) is 1.90. The van der Waals surface area contributed by atoms with Gasteiger partial charge in [-0.3, -0.25) is 9.89 Å². The monoisotopic (exact) mass is 442 g/mol. The van der Waals surface area contributed by atoms with E-state index in [1.165, 1.54) is 12.1 Å². The number of amides is 1. The first kappa shape index (κ1) is 18.7. The number of nitrogens with one attached hydrogen (secondary N) is 2. The van der Waals surface area contributed by atoms with Gasteiger partial charge in [-0.05, 0) is 70.7 Å². The van der Waals surface area contributed by atoms with Gasteiger partial charge in [-0.15, -0.1) is 0 Å². The van der Waals surface area contributed by atoms with Crippen molar-refractivity contribution in [2.24, 2.45) is 0 Å². The Bertz CT molecular complexity index is 973. The van der Waals surface area contributed by atoms with Crippen LogP contribution in [0.1, 0.15) is 23.2 Å². The Morgan fingerprint density at radius 1 is 1.21 bits per heavy atom. The molecule has 1 aliphatic rings. The van der Waals surface area contributed by atoms with Crippen molar-refractivity contribution < 1.29 is 9.18 Å². The number of benzene rings is 2. The van der Waals surface area contributed by atoms with E-state index in [1.54, 1.807) is 12.1 Å². The fourth-order valence-corrected chi connectivity index (χ4v) is 3.93. The van der Waals surface area contributed by atoms with Gasteiger partial charge in [0.1, 0.15) is 5.82 Å². The number of carbonyl (C=O) groups is 1. The predicted molar refractivity (Wildman–Crippen MR) is 111 cm³/mol. The Balaban J connectivity index is 1.43. The molecule has 1 saturated heterocycles. The quantitative estimate of drug-likeness (QED) is 0.630. The Morgan fingerprint density at radius 3 is 2.79 bits per heavy atom. The second kappa shape index (κ2) is 8.14. The first-order chi connectivity index (χ1) is 13.6. The van der Waals surface area contributed by atoms with Gasteiger partial charge in [0.05, 0.1) is 11.3 Å². The van der Waals surface area contributed by atoms with Crippen LogP contribution in [0.15, 0.2) is 59.1 Å². The maximum Gasteiger partial charge on any atom is 0.252 e. The van der Waals surface area contributed by atoms with Crippen molar-refractivity contribution in [1.29, 1.82) is 0 Å². The lowest BCUT2D eigenvalue weighted by molar-refractivity contribution is 0.0932. The maximum atomic E-state index is 13.1. The third kappa shape index (κ3) is 4.09. The lowest BCUT2D eigenvalue weighted by Crippen LogP contribution is -2.48. The molecule has 1 fully saturated rings. The Labute approximate surface area is 171 Å². The van der Waals surface area contributed by atoms with Crippen LogP contribution in [0.2, 0.25) is 0 Å². The average Bonchev–Trinajstić information content (AvgIpc) is 3.19. The van der Waals surface area contributed by atoms with E-state index >= 15 is 0 Å². The lowest BCUT2D eigenvalue weighted by Gasteiger charge is -2.33. The van der Waals surface area contributed by atoms with Crippen LogP contribution in [0.4, 0.5) is 10.2 Å². The molecule has 0 bridgehead atoms. The molecule has 144 valence electrons. The van der Waals surface area contributed by atoms with Gasteiger partial charge in [-0.1, -0.05) is 12.1 Å². The summed E-state index contributed by atoms with van der Waals surface area (Å²) in [6.45, 7) is 1.58. The number of rotatable bonds is 4. The van der Waals surface area contributed by atoms with Crippen LogP contribution in [0.3, 0.4) is 0 Å². The number of piperidine rings is 1. The minimum absolute atomic E-state index is 0.0549. The molecule has 0 spiro atoms. The second-order valence-corrected chi connectivity index (χ2v) is 7.74. The van der Waals surface area contributed by atoms with E-state index in [4.69, 9.17) is 0 Å². The SMILES string of the molecule is O=C(NC1CCCN(c2cc(-c3ccc(F)cc3)[nH]n2)C1)c1ccccc1Br. The van der Waals surface area contributed by atoms with Gasteiger partial charge < -0.3 is 10.2 Å². The number of aromatic nitrogens is 2. The molecule has 0 saturated carbocycles. The predicted octanol–water partition coefficient (Wildman–Crippen LogP) is 4.38. The molecule has 1 aromatic heterocycles. The van der Waals surface area contributed by atoms with Gasteiger partial charge in [0, 0.05) is 29.7 Å². The zero-order chi connectivity index (χ0) is 19.5. The molecule has 1 amide bonds. The summed E-state index contributed by atoms with van der Waals surface area (Å²) in [7, 11) is 0. The van der Waals surface area contributed by atoms with Gasteiger partial charge in [0.2, 0.25) is 0 Å². The first-order valence-electron chi connectivity index (χ1n) is 9.22. The number of carbonyl (C=O) groups excluding carboxylic acids is 1. The van der Waals surface area contributed by atoms with Crippen LogP contribution in [-0.2, 0) is 0 Å². The molecule has 4 rings (SSSR count). The van der Waals surface area contributed by atoms with Gasteiger partial charge in [0.25, 0.3) is 5.91 Å². The smallest absolute Gasteiger partial charge is 0.252 e. The molecule has 0 aliphatic carbocycles. The van der Waals surface area contributed by atoms with E-state index < -0.39 is 0 Å². The van der Waals surface area contributed by atoms with Crippen molar-refractivity contribution in [3.05, 3.63) is 70.5 Å². The van der Waals surface area contributed by atoms with E-state index in [-0.39, 0.29) is 17.8 Å². The summed E-state index contributed by atoms with van der Waals surface area (Å²) >= 11 is 3.43. The maximum absolute atomic E-state index is 13.1. The van der Waals surface area contributed by atoms with E-state index in [1.807, 2.05) is 30.3 Å². The molecule has 1 atom stereocenters. The molecule has 5 nitrogen and oxygen atoms in total. The highest BCUT2D eigenvalue weighted by Gasteiger charge is 2.24. The van der Waals surface area contributed by atoms with Crippen LogP contribution in [0.5, 0.6) is 0 Å². The number of hydrogen-bond acceptors (Lipinski definition) is 3. The van der Waals surface area contributed by atoms with Crippen molar-refractivity contribution in [3.8, 4) is 11.3 Å². The van der Waals surface area contributed by atoms with Crippen LogP contribution in [0.25, 0.3) is 11.3 Å². The molecule has 2 N–H and O–H groups in total. The van der Waals surface area contributed by atoms with Gasteiger partial charge >= 0.3 is 0 Å². The number of hydrogen-bond donors (Lipinski definition) is 2. The van der Waals surface area contributed by atoms with E-state index in [0.29, 0.717) is 12.1 Å². The highest BCUT2D eigenvalue weighted by molar-refractivity contribution is 9.10. The summed E-state index contributed by atoms with van der Waals surface area (Å²) in [5, 5.41) is 10.6. The fraction of sp³-hybridized carbons (Fsp3) is 0.238. The van der Waals surface area contributed by atoms with Gasteiger partial charge in [-0.2, -0.15) is 5.10 Å². The van der Waals surface area contributed by atoms with Crippen LogP contribution < -0.4 is 10.2 Å². The fourth-order valence-electron chi connectivity index (χ4n) is 3.46. The molecule has 1 unspecified atom stereocenters. The second-order valence-electron chi connectivity index (χ2n) is 6.89. The van der Waals surface area contributed by atoms with Crippen molar-refractivity contribution in [2.75, 3.05) is 18.0 Å². The third-order valence-corrected chi connectivity index (χ3v) is 5.61. The van der Waals surface area contributed by atoms with Crippen molar-refractivity contribution in [2.45, 2.75) is 18.9 Å². The highest BCUT2D eigenvalue weighted by atomic mass is 79.9. The average molecular weight is 443 g/mol. The Morgan fingerprint density at radius 2 is 2.00 bits per heavy atom. The number of H-pyrrole nitrogens is 1. The Kier molecular flexibility index (Phi) is 5.43. The van der Waals surface area contributed by atoms with Crippen molar-refractivity contribution in [1.82, 2.24) is 15.5 Å². The van der Waals surface area contributed by atoms with Crippen molar-refractivity contribution >= 4 is 27.7 Å². The van der Waals surface area contributed by atoms with Gasteiger partial charge in [-0.25, -0.2) is 4.39 Å². The molecule has 1 aliphatic heterocycles. The number of halogens is 2. The molecular weight excluding hydrogens is 423 g/mol. The van der Waals surface area contributed by atoms with Crippen LogP contribution >= 0.6 is 15.9 Å². The van der Waals surface area contributed by atoms with E-state index in [9.17, 15) is 9.18 Å². The van der Waals surface area contributed by atoms with Crippen LogP contribution in [0, 0.1) is 5.82 Å². The Hall–Kier alpha value is -2.67. The van der Waals surface area contributed by atoms with E-state index in [0.717, 1.165) is 40.9 Å². The molecular formula is C21H20BrFN4O. The topological polar surface area (TPSA) is 61.0 Å². The molecule has 28 heavy (non-hydrogen) atoms. The van der Waals surface area contributed by atoms with Crippen LogP contribution in [-0.4, -0.2) is 35.2 Å². The largest absolute Gasteiger partial charge is 0.353 e. The van der Waals surface area contributed by atoms with Crippen molar-refractivity contribution in [3.63, 3.8) is 0 Å². The zero-order valence-corrected chi connectivity index (χ0v) is 16.7. The van der Waals surface area contributed by atoms with E-state index in [2.05, 4.69) is 36.3 Å². The minimum atomic E-state index is -0.261. The minimum Gasteiger partial charge on any atom is -0.353 e. The summed E-state index contributed by atoms with van der Waals surface area (Å²) < 4.78 is 13.9. The standard InChI is InChI=1S/C21H20BrFN4O/c22-18-6-2-1-5-17(18)21(28)24-16-4-3-11-27(13-16)20-12-19(25-26-20)14-7-9-15(23)10-8-14/h1-2,5-10,12,16H,3-4,11,13H2,(H,24,28)(H,25,26). The first-order valence-corrected chi connectivity index (χ1v) is 10.0. The molecule has 3 aromatic rings. The normalized spacial score (nSPS) is 16.8. The zero-order valence-electron chi connectivity index (χ0n) is 15.2. The lowest BCUT2D eigenvalue weighted by atomic mass is 10.0. The number of aromatic amines is 1. The third-order valence-electron chi connectivity index (χ3n) is 4.92. The molecule has 0 radical (unpaired) electrons. The summed E-state index contributed by atoms with van der Waals surface area (Å²) in [4.78, 5) is 14.7. The number of anilines is 1. The molecule has 7 heteroatoms. The summed E-state index contributed by atoms with van der Waals surface area (Å²) in [6, 6.07) is 15.8. The van der Waals surface area contributed by atoms with Gasteiger partial charge in [0.15, 0.2) is 5.82 Å². The summed E-state index contributed by atoms with van der Waals surface area (Å²) in [5.74, 6) is 0.496. The molecule has 2 aromatic carbocycles. The highest BCUT2D eigenvalue weighted by Crippen LogP contribution is 2.25. The number of nitrogens with zero attached hydrogens (tertiary/aromatic N) is 2. The summed E-state index contributed by atoms with van der Waals surface area (Å²) in [5.41, 5.74) is 2.36.